The predicted molar refractivity (Wildman–Crippen MR) is 54.8 cm³/mol. The lowest BCUT2D eigenvalue weighted by Gasteiger charge is -2.30. The van der Waals surface area contributed by atoms with Crippen LogP contribution in [0.2, 0.25) is 0 Å². The molecule has 2 fully saturated rings. The Labute approximate surface area is 87.4 Å². The third-order valence-corrected chi connectivity index (χ3v) is 3.71. The number of aromatic amines is 1. The molecular formula is C10H15N3O2. The fourth-order valence-corrected chi connectivity index (χ4v) is 3.01. The lowest BCUT2D eigenvalue weighted by molar-refractivity contribution is 0.338. The minimum absolute atomic E-state index is 0.454. The van der Waals surface area contributed by atoms with Gasteiger partial charge < -0.3 is 4.90 Å². The Hall–Kier alpha value is -1.26. The van der Waals surface area contributed by atoms with E-state index < -0.39 is 5.76 Å². The Bertz CT molecular complexity index is 397. The van der Waals surface area contributed by atoms with Gasteiger partial charge >= 0.3 is 5.76 Å². The molecule has 0 unspecified atom stereocenters. The summed E-state index contributed by atoms with van der Waals surface area (Å²) in [6.45, 7) is 0.998. The molecule has 1 aliphatic heterocycles. The first-order valence-corrected chi connectivity index (χ1v) is 5.67. The first kappa shape index (κ1) is 9.00. The average molecular weight is 209 g/mol. The van der Waals surface area contributed by atoms with Crippen LogP contribution in [0.4, 0.5) is 5.95 Å². The van der Waals surface area contributed by atoms with Crippen molar-refractivity contribution in [2.24, 2.45) is 5.92 Å². The largest absolute Gasteiger partial charge is 0.440 e. The van der Waals surface area contributed by atoms with Crippen LogP contribution in [0, 0.1) is 5.92 Å². The molecule has 0 aromatic carbocycles. The van der Waals surface area contributed by atoms with Crippen LogP contribution in [-0.2, 0) is 0 Å². The summed E-state index contributed by atoms with van der Waals surface area (Å²) in [5.74, 6) is 0.956. The van der Waals surface area contributed by atoms with Crippen LogP contribution in [0.5, 0.6) is 0 Å². The van der Waals surface area contributed by atoms with Gasteiger partial charge in [0, 0.05) is 12.6 Å². The van der Waals surface area contributed by atoms with Crippen molar-refractivity contribution < 1.29 is 4.52 Å². The summed E-state index contributed by atoms with van der Waals surface area (Å²) in [7, 11) is 0. The SMILES string of the molecule is O=c1[nH]c(N2CC[C@@H]3CCCC[C@@H]32)no1. The Kier molecular flexibility index (Phi) is 2.04. The first-order valence-electron chi connectivity index (χ1n) is 5.67. The Morgan fingerprint density at radius 2 is 2.20 bits per heavy atom. The number of nitrogens with zero attached hydrogens (tertiary/aromatic N) is 2. The zero-order chi connectivity index (χ0) is 10.3. The number of anilines is 1. The van der Waals surface area contributed by atoms with Crippen molar-refractivity contribution in [2.45, 2.75) is 38.1 Å². The molecule has 1 aliphatic carbocycles. The number of hydrogen-bond donors (Lipinski definition) is 1. The standard InChI is InChI=1S/C10H15N3O2/c14-10-11-9(12-15-10)13-6-5-7-3-1-2-4-8(7)13/h7-8H,1-6H2,(H,11,12,14)/t7-,8-/m0/s1. The summed E-state index contributed by atoms with van der Waals surface area (Å²) in [5.41, 5.74) is 0. The molecule has 82 valence electrons. The highest BCUT2D eigenvalue weighted by Crippen LogP contribution is 2.37. The summed E-state index contributed by atoms with van der Waals surface area (Å²) in [6.07, 6.45) is 6.41. The summed E-state index contributed by atoms with van der Waals surface area (Å²) in [6, 6.07) is 0.569. The van der Waals surface area contributed by atoms with E-state index in [9.17, 15) is 4.79 Å². The van der Waals surface area contributed by atoms with Crippen LogP contribution in [0.3, 0.4) is 0 Å². The quantitative estimate of drug-likeness (QED) is 0.753. The van der Waals surface area contributed by atoms with Gasteiger partial charge in [0.05, 0.1) is 0 Å². The van der Waals surface area contributed by atoms with Crippen molar-refractivity contribution in [3.05, 3.63) is 10.6 Å². The van der Waals surface area contributed by atoms with E-state index in [1.165, 1.54) is 32.1 Å². The molecule has 0 radical (unpaired) electrons. The van der Waals surface area contributed by atoms with Crippen LogP contribution in [0.15, 0.2) is 9.32 Å². The number of hydrogen-bond acceptors (Lipinski definition) is 4. The van der Waals surface area contributed by atoms with Crippen molar-refractivity contribution in [3.8, 4) is 0 Å². The van der Waals surface area contributed by atoms with Crippen molar-refractivity contribution >= 4 is 5.95 Å². The molecule has 1 aromatic heterocycles. The molecule has 3 rings (SSSR count). The van der Waals surface area contributed by atoms with E-state index in [1.54, 1.807) is 0 Å². The second-order valence-electron chi connectivity index (χ2n) is 4.51. The van der Waals surface area contributed by atoms with E-state index in [0.29, 0.717) is 12.0 Å². The molecule has 5 nitrogen and oxygen atoms in total. The molecule has 2 heterocycles. The van der Waals surface area contributed by atoms with Crippen LogP contribution < -0.4 is 10.7 Å². The topological polar surface area (TPSA) is 62.1 Å². The fraction of sp³-hybridized carbons (Fsp3) is 0.800. The Balaban J connectivity index is 1.85. The molecule has 1 saturated heterocycles. The number of fused-ring (bicyclic) bond motifs is 1. The average Bonchev–Trinajstić information content (AvgIpc) is 2.83. The van der Waals surface area contributed by atoms with Crippen molar-refractivity contribution in [1.29, 1.82) is 0 Å². The molecule has 15 heavy (non-hydrogen) atoms. The molecule has 2 aliphatic rings. The number of H-pyrrole nitrogens is 1. The Morgan fingerprint density at radius 3 is 3.00 bits per heavy atom. The smallest absolute Gasteiger partial charge is 0.336 e. The highest BCUT2D eigenvalue weighted by atomic mass is 16.5. The van der Waals surface area contributed by atoms with E-state index in [0.717, 1.165) is 12.5 Å². The van der Waals surface area contributed by atoms with E-state index >= 15 is 0 Å². The van der Waals surface area contributed by atoms with Gasteiger partial charge in [-0.25, -0.2) is 4.79 Å². The van der Waals surface area contributed by atoms with Gasteiger partial charge in [0.15, 0.2) is 0 Å². The van der Waals surface area contributed by atoms with Gasteiger partial charge in [-0.05, 0) is 30.3 Å². The third-order valence-electron chi connectivity index (χ3n) is 3.71. The maximum Gasteiger partial charge on any atom is 0.440 e. The molecule has 1 saturated carbocycles. The lowest BCUT2D eigenvalue weighted by atomic mass is 9.85. The van der Waals surface area contributed by atoms with E-state index in [4.69, 9.17) is 0 Å². The van der Waals surface area contributed by atoms with Gasteiger partial charge in [0.1, 0.15) is 0 Å². The minimum Gasteiger partial charge on any atom is -0.336 e. The van der Waals surface area contributed by atoms with Crippen molar-refractivity contribution in [3.63, 3.8) is 0 Å². The minimum atomic E-state index is -0.454. The summed E-state index contributed by atoms with van der Waals surface area (Å²) >= 11 is 0. The molecule has 0 bridgehead atoms. The zero-order valence-corrected chi connectivity index (χ0v) is 8.61. The van der Waals surface area contributed by atoms with Gasteiger partial charge in [-0.1, -0.05) is 12.8 Å². The maximum atomic E-state index is 10.9. The third kappa shape index (κ3) is 1.46. The summed E-state index contributed by atoms with van der Waals surface area (Å²) in [4.78, 5) is 15.7. The van der Waals surface area contributed by atoms with Crippen LogP contribution in [0.1, 0.15) is 32.1 Å². The molecule has 5 heteroatoms. The molecule has 2 atom stereocenters. The second kappa shape index (κ2) is 3.40. The first-order chi connectivity index (χ1) is 7.34. The number of nitrogens with one attached hydrogen (secondary N) is 1. The van der Waals surface area contributed by atoms with Gasteiger partial charge in [-0.3, -0.25) is 9.51 Å². The zero-order valence-electron chi connectivity index (χ0n) is 8.61. The predicted octanol–water partition coefficient (Wildman–Crippen LogP) is 1.13. The van der Waals surface area contributed by atoms with Crippen LogP contribution in [0.25, 0.3) is 0 Å². The molecular weight excluding hydrogens is 194 g/mol. The van der Waals surface area contributed by atoms with Gasteiger partial charge in [-0.15, -0.1) is 0 Å². The summed E-state index contributed by atoms with van der Waals surface area (Å²) < 4.78 is 4.55. The molecule has 1 N–H and O–H groups in total. The van der Waals surface area contributed by atoms with Crippen molar-refractivity contribution in [1.82, 2.24) is 10.1 Å². The monoisotopic (exact) mass is 209 g/mol. The number of rotatable bonds is 1. The van der Waals surface area contributed by atoms with E-state index in [2.05, 4.69) is 19.6 Å². The maximum absolute atomic E-state index is 10.9. The Morgan fingerprint density at radius 1 is 1.33 bits per heavy atom. The van der Waals surface area contributed by atoms with E-state index in [1.807, 2.05) is 0 Å². The van der Waals surface area contributed by atoms with Crippen LogP contribution in [-0.4, -0.2) is 22.7 Å². The molecule has 0 amide bonds. The highest BCUT2D eigenvalue weighted by Gasteiger charge is 2.37. The van der Waals surface area contributed by atoms with Gasteiger partial charge in [-0.2, -0.15) is 0 Å². The molecule has 1 aromatic rings. The van der Waals surface area contributed by atoms with Crippen molar-refractivity contribution in [2.75, 3.05) is 11.4 Å². The fourth-order valence-electron chi connectivity index (χ4n) is 3.01. The van der Waals surface area contributed by atoms with Crippen LogP contribution >= 0.6 is 0 Å². The normalized spacial score (nSPS) is 30.5. The number of aromatic nitrogens is 2. The van der Waals surface area contributed by atoms with Gasteiger partial charge in [0.25, 0.3) is 0 Å². The van der Waals surface area contributed by atoms with Gasteiger partial charge in [0.2, 0.25) is 5.95 Å². The summed E-state index contributed by atoms with van der Waals surface area (Å²) in [5, 5.41) is 3.77. The highest BCUT2D eigenvalue weighted by molar-refractivity contribution is 5.32. The lowest BCUT2D eigenvalue weighted by Crippen LogP contribution is -2.35. The van der Waals surface area contributed by atoms with E-state index in [-0.39, 0.29) is 0 Å². The second-order valence-corrected chi connectivity index (χ2v) is 4.51. The molecule has 0 spiro atoms.